The Morgan fingerprint density at radius 1 is 1.14 bits per heavy atom. The number of carbonyl (C=O) groups excluding carboxylic acids is 1. The molecule has 1 aromatic heterocycles. The Balaban J connectivity index is 1.92. The van der Waals surface area contributed by atoms with Crippen LogP contribution >= 0.6 is 11.6 Å². The van der Waals surface area contributed by atoms with E-state index < -0.39 is 12.8 Å². The third kappa shape index (κ3) is 6.60. The van der Waals surface area contributed by atoms with Gasteiger partial charge in [0.1, 0.15) is 17.4 Å². The molecule has 0 aliphatic heterocycles. The van der Waals surface area contributed by atoms with Gasteiger partial charge in [-0.25, -0.2) is 4.98 Å². The highest BCUT2D eigenvalue weighted by Crippen LogP contribution is 2.25. The van der Waals surface area contributed by atoms with Crippen molar-refractivity contribution < 1.29 is 27.4 Å². The van der Waals surface area contributed by atoms with Gasteiger partial charge in [-0.3, -0.25) is 4.79 Å². The fourth-order valence-corrected chi connectivity index (χ4v) is 2.66. The van der Waals surface area contributed by atoms with Crippen LogP contribution in [0.15, 0.2) is 30.5 Å². The SMILES string of the molecule is Cc1cc(C)cc(OCCN(C)C(=O)c2cnc(OCC(F)(F)F)c(Cl)c2)c1. The first-order valence-electron chi connectivity index (χ1n) is 8.37. The Labute approximate surface area is 166 Å². The number of amides is 1. The quantitative estimate of drug-likeness (QED) is 0.669. The molecular weight excluding hydrogens is 397 g/mol. The average Bonchev–Trinajstić information content (AvgIpc) is 2.58. The number of pyridine rings is 1. The highest BCUT2D eigenvalue weighted by Gasteiger charge is 2.29. The van der Waals surface area contributed by atoms with Crippen LogP contribution in [0.2, 0.25) is 5.02 Å². The lowest BCUT2D eigenvalue weighted by atomic mass is 10.1. The van der Waals surface area contributed by atoms with Crippen LogP contribution in [0.5, 0.6) is 11.6 Å². The molecule has 1 aromatic carbocycles. The number of rotatable bonds is 7. The van der Waals surface area contributed by atoms with Gasteiger partial charge in [-0.05, 0) is 43.2 Å². The molecule has 2 rings (SSSR count). The number of halogens is 4. The van der Waals surface area contributed by atoms with Crippen LogP contribution in [0.3, 0.4) is 0 Å². The van der Waals surface area contributed by atoms with Crippen LogP contribution in [0, 0.1) is 13.8 Å². The number of ether oxygens (including phenoxy) is 2. The lowest BCUT2D eigenvalue weighted by Gasteiger charge is -2.18. The van der Waals surface area contributed by atoms with Gasteiger partial charge in [-0.15, -0.1) is 0 Å². The predicted octanol–water partition coefficient (Wildman–Crippen LogP) is 4.44. The molecule has 1 amide bonds. The maximum atomic E-state index is 12.4. The van der Waals surface area contributed by atoms with E-state index in [0.29, 0.717) is 12.3 Å². The molecule has 152 valence electrons. The summed E-state index contributed by atoms with van der Waals surface area (Å²) in [5.41, 5.74) is 2.29. The van der Waals surface area contributed by atoms with Gasteiger partial charge >= 0.3 is 6.18 Å². The van der Waals surface area contributed by atoms with Crippen LogP contribution in [0.1, 0.15) is 21.5 Å². The molecule has 9 heteroatoms. The van der Waals surface area contributed by atoms with Crippen LogP contribution in [-0.4, -0.2) is 48.8 Å². The van der Waals surface area contributed by atoms with E-state index in [2.05, 4.69) is 9.72 Å². The predicted molar refractivity (Wildman–Crippen MR) is 99.2 cm³/mol. The number of carbonyl (C=O) groups is 1. The van der Waals surface area contributed by atoms with Crippen molar-refractivity contribution in [3.05, 3.63) is 52.2 Å². The minimum absolute atomic E-state index is 0.137. The summed E-state index contributed by atoms with van der Waals surface area (Å²) in [7, 11) is 1.58. The van der Waals surface area contributed by atoms with Crippen molar-refractivity contribution in [2.75, 3.05) is 26.8 Å². The minimum Gasteiger partial charge on any atom is -0.492 e. The lowest BCUT2D eigenvalue weighted by Crippen LogP contribution is -2.31. The number of alkyl halides is 3. The molecule has 0 unspecified atom stereocenters. The zero-order chi connectivity index (χ0) is 20.9. The maximum Gasteiger partial charge on any atom is 0.422 e. The summed E-state index contributed by atoms with van der Waals surface area (Å²) in [5.74, 6) is -0.0497. The number of aryl methyl sites for hydroxylation is 2. The highest BCUT2D eigenvalue weighted by atomic mass is 35.5. The molecule has 0 fully saturated rings. The first kappa shape index (κ1) is 21.8. The van der Waals surface area contributed by atoms with Crippen LogP contribution in [0.4, 0.5) is 13.2 Å². The summed E-state index contributed by atoms with van der Waals surface area (Å²) >= 11 is 5.87. The van der Waals surface area contributed by atoms with Gasteiger partial charge in [-0.2, -0.15) is 13.2 Å². The Morgan fingerprint density at radius 3 is 2.36 bits per heavy atom. The molecule has 0 bridgehead atoms. The number of benzene rings is 1. The Hall–Kier alpha value is -2.48. The first-order chi connectivity index (χ1) is 13.0. The fourth-order valence-electron chi connectivity index (χ4n) is 2.44. The summed E-state index contributed by atoms with van der Waals surface area (Å²) in [5, 5.41) is -0.171. The summed E-state index contributed by atoms with van der Waals surface area (Å²) in [6.07, 6.45) is -3.38. The average molecular weight is 417 g/mol. The monoisotopic (exact) mass is 416 g/mol. The number of hydrogen-bond acceptors (Lipinski definition) is 4. The molecule has 28 heavy (non-hydrogen) atoms. The Morgan fingerprint density at radius 2 is 1.79 bits per heavy atom. The van der Waals surface area contributed by atoms with Gasteiger partial charge in [-0.1, -0.05) is 17.7 Å². The molecule has 0 saturated carbocycles. The van der Waals surface area contributed by atoms with Gasteiger partial charge in [0.15, 0.2) is 6.61 Å². The van der Waals surface area contributed by atoms with E-state index in [1.54, 1.807) is 7.05 Å². The molecular formula is C19H20ClF3N2O3. The molecule has 1 heterocycles. The van der Waals surface area contributed by atoms with Crippen molar-refractivity contribution in [3.8, 4) is 11.6 Å². The highest BCUT2D eigenvalue weighted by molar-refractivity contribution is 6.32. The maximum absolute atomic E-state index is 12.4. The van der Waals surface area contributed by atoms with Crippen molar-refractivity contribution in [2.24, 2.45) is 0 Å². The third-order valence-corrected chi connectivity index (χ3v) is 3.94. The van der Waals surface area contributed by atoms with E-state index in [-0.39, 0.29) is 29.0 Å². The molecule has 0 N–H and O–H groups in total. The van der Waals surface area contributed by atoms with Gasteiger partial charge in [0.2, 0.25) is 5.88 Å². The molecule has 0 aliphatic rings. The zero-order valence-electron chi connectivity index (χ0n) is 15.6. The first-order valence-corrected chi connectivity index (χ1v) is 8.74. The molecule has 0 spiro atoms. The second-order valence-electron chi connectivity index (χ2n) is 6.31. The zero-order valence-corrected chi connectivity index (χ0v) is 16.4. The van der Waals surface area contributed by atoms with Crippen molar-refractivity contribution in [1.82, 2.24) is 9.88 Å². The standard InChI is InChI=1S/C19H20ClF3N2O3/c1-12-6-13(2)8-15(7-12)27-5-4-25(3)18(26)14-9-16(20)17(24-10-14)28-11-19(21,22)23/h6-10H,4-5,11H2,1-3H3. The molecule has 0 radical (unpaired) electrons. The van der Waals surface area contributed by atoms with E-state index in [9.17, 15) is 18.0 Å². The Kier molecular flexibility index (Phi) is 7.12. The third-order valence-electron chi connectivity index (χ3n) is 3.66. The number of aromatic nitrogens is 1. The second kappa shape index (κ2) is 9.14. The molecule has 0 saturated heterocycles. The normalized spacial score (nSPS) is 11.2. The Bertz CT molecular complexity index is 823. The fraction of sp³-hybridized carbons (Fsp3) is 0.368. The summed E-state index contributed by atoms with van der Waals surface area (Å²) in [4.78, 5) is 17.5. The van der Waals surface area contributed by atoms with E-state index in [0.717, 1.165) is 17.3 Å². The second-order valence-corrected chi connectivity index (χ2v) is 6.72. The number of likely N-dealkylation sites (N-methyl/N-ethyl adjacent to an activating group) is 1. The van der Waals surface area contributed by atoms with Crippen molar-refractivity contribution >= 4 is 17.5 Å². The topological polar surface area (TPSA) is 51.7 Å². The van der Waals surface area contributed by atoms with Gasteiger partial charge < -0.3 is 14.4 Å². The summed E-state index contributed by atoms with van der Waals surface area (Å²) < 4.78 is 46.8. The van der Waals surface area contributed by atoms with Crippen molar-refractivity contribution in [2.45, 2.75) is 20.0 Å². The van der Waals surface area contributed by atoms with Crippen LogP contribution in [0.25, 0.3) is 0 Å². The van der Waals surface area contributed by atoms with Gasteiger partial charge in [0.25, 0.3) is 5.91 Å². The van der Waals surface area contributed by atoms with Crippen LogP contribution < -0.4 is 9.47 Å². The van der Waals surface area contributed by atoms with Crippen molar-refractivity contribution in [1.29, 1.82) is 0 Å². The minimum atomic E-state index is -4.50. The van der Waals surface area contributed by atoms with E-state index >= 15 is 0 Å². The van der Waals surface area contributed by atoms with Gasteiger partial charge in [0.05, 0.1) is 12.1 Å². The van der Waals surface area contributed by atoms with E-state index in [4.69, 9.17) is 16.3 Å². The van der Waals surface area contributed by atoms with Crippen molar-refractivity contribution in [3.63, 3.8) is 0 Å². The van der Waals surface area contributed by atoms with Gasteiger partial charge in [0, 0.05) is 13.2 Å². The van der Waals surface area contributed by atoms with E-state index in [1.807, 2.05) is 32.0 Å². The lowest BCUT2D eigenvalue weighted by molar-refractivity contribution is -0.154. The molecule has 2 aromatic rings. The summed E-state index contributed by atoms with van der Waals surface area (Å²) in [6, 6.07) is 7.06. The largest absolute Gasteiger partial charge is 0.492 e. The number of nitrogens with zero attached hydrogens (tertiary/aromatic N) is 2. The number of hydrogen-bond donors (Lipinski definition) is 0. The smallest absolute Gasteiger partial charge is 0.422 e. The summed E-state index contributed by atoms with van der Waals surface area (Å²) in [6.45, 7) is 3.00. The van der Waals surface area contributed by atoms with E-state index in [1.165, 1.54) is 11.0 Å². The molecule has 0 atom stereocenters. The molecule has 5 nitrogen and oxygen atoms in total. The molecule has 0 aliphatic carbocycles. The van der Waals surface area contributed by atoms with Crippen LogP contribution in [-0.2, 0) is 0 Å².